The van der Waals surface area contributed by atoms with E-state index in [1.54, 1.807) is 4.90 Å². The Bertz CT molecular complexity index is 420. The summed E-state index contributed by atoms with van der Waals surface area (Å²) in [6.07, 6.45) is 6.36. The van der Waals surface area contributed by atoms with Crippen LogP contribution in [-0.4, -0.2) is 47.7 Å². The van der Waals surface area contributed by atoms with E-state index in [1.807, 2.05) is 0 Å². The molecule has 1 saturated heterocycles. The number of hydrogen-bond acceptors (Lipinski definition) is 3. The largest absolute Gasteiger partial charge is 0.481 e. The normalized spacial score (nSPS) is 36.7. The first-order chi connectivity index (χ1) is 9.15. The maximum Gasteiger partial charge on any atom is 0.305 e. The van der Waals surface area contributed by atoms with Crippen molar-refractivity contribution in [3.63, 3.8) is 0 Å². The van der Waals surface area contributed by atoms with Crippen LogP contribution in [0.2, 0.25) is 0 Å². The maximum atomic E-state index is 12.6. The molecule has 1 N–H and O–H groups in total. The van der Waals surface area contributed by atoms with Gasteiger partial charge in [-0.25, -0.2) is 0 Å². The quantitative estimate of drug-likeness (QED) is 0.770. The molecule has 19 heavy (non-hydrogen) atoms. The molecule has 0 aromatic heterocycles. The highest BCUT2D eigenvalue weighted by Crippen LogP contribution is 2.44. The Hall–Kier alpha value is -1.36. The van der Waals surface area contributed by atoms with Crippen LogP contribution in [0.5, 0.6) is 0 Å². The number of carbonyl (C=O) groups excluding carboxylic acids is 1. The molecule has 2 aliphatic carbocycles. The topological polar surface area (TPSA) is 66.8 Å². The molecule has 3 rings (SSSR count). The lowest BCUT2D eigenvalue weighted by Crippen LogP contribution is -2.52. The molecule has 0 radical (unpaired) electrons. The number of fused-ring (bicyclic) bond motifs is 2. The zero-order valence-electron chi connectivity index (χ0n) is 10.8. The van der Waals surface area contributed by atoms with Gasteiger partial charge in [0.2, 0.25) is 5.91 Å². The summed E-state index contributed by atoms with van der Waals surface area (Å²) >= 11 is 0. The van der Waals surface area contributed by atoms with E-state index in [9.17, 15) is 9.59 Å². The summed E-state index contributed by atoms with van der Waals surface area (Å²) in [5.74, 6) is 0.237. The molecule has 1 heterocycles. The van der Waals surface area contributed by atoms with Gasteiger partial charge in [-0.1, -0.05) is 12.2 Å². The Morgan fingerprint density at radius 3 is 2.79 bits per heavy atom. The van der Waals surface area contributed by atoms with Crippen LogP contribution in [0.15, 0.2) is 12.2 Å². The van der Waals surface area contributed by atoms with Crippen LogP contribution in [0.25, 0.3) is 0 Å². The van der Waals surface area contributed by atoms with E-state index in [0.29, 0.717) is 31.6 Å². The number of ether oxygens (including phenoxy) is 1. The summed E-state index contributed by atoms with van der Waals surface area (Å²) < 4.78 is 5.32. The highest BCUT2D eigenvalue weighted by molar-refractivity contribution is 5.81. The van der Waals surface area contributed by atoms with Gasteiger partial charge in [0, 0.05) is 12.5 Å². The number of carbonyl (C=O) groups is 2. The van der Waals surface area contributed by atoms with E-state index in [-0.39, 0.29) is 24.3 Å². The molecule has 104 valence electrons. The standard InChI is InChI=1S/C14H19NO4/c16-13(17)7-11-8-19-4-3-15(11)14(18)12-6-9-1-2-10(12)5-9/h1-2,9-12H,3-8H2,(H,16,17)/t9-,10-,11+,12-/m0/s1. The first kappa shape index (κ1) is 12.7. The average Bonchev–Trinajstić information content (AvgIpc) is 3.00. The molecule has 4 atom stereocenters. The zero-order valence-corrected chi connectivity index (χ0v) is 10.8. The lowest BCUT2D eigenvalue weighted by Gasteiger charge is -2.37. The number of nitrogens with zero attached hydrogens (tertiary/aromatic N) is 1. The van der Waals surface area contributed by atoms with Crippen molar-refractivity contribution in [3.8, 4) is 0 Å². The van der Waals surface area contributed by atoms with Crippen molar-refractivity contribution in [2.75, 3.05) is 19.8 Å². The second-order valence-corrected chi connectivity index (χ2v) is 5.74. The molecule has 2 fully saturated rings. The van der Waals surface area contributed by atoms with Gasteiger partial charge >= 0.3 is 5.97 Å². The van der Waals surface area contributed by atoms with E-state index >= 15 is 0 Å². The molecular weight excluding hydrogens is 246 g/mol. The summed E-state index contributed by atoms with van der Waals surface area (Å²) in [4.78, 5) is 25.3. The smallest absolute Gasteiger partial charge is 0.305 e. The summed E-state index contributed by atoms with van der Waals surface area (Å²) in [6, 6.07) is -0.304. The molecule has 0 aromatic carbocycles. The third-order valence-electron chi connectivity index (χ3n) is 4.52. The molecule has 1 amide bonds. The van der Waals surface area contributed by atoms with Crippen molar-refractivity contribution >= 4 is 11.9 Å². The van der Waals surface area contributed by atoms with Gasteiger partial charge in [0.25, 0.3) is 0 Å². The van der Waals surface area contributed by atoms with Gasteiger partial charge in [0.15, 0.2) is 0 Å². The molecule has 1 saturated carbocycles. The first-order valence-corrected chi connectivity index (χ1v) is 6.93. The molecule has 5 heteroatoms. The van der Waals surface area contributed by atoms with Crippen LogP contribution in [-0.2, 0) is 14.3 Å². The van der Waals surface area contributed by atoms with E-state index in [4.69, 9.17) is 9.84 Å². The van der Waals surface area contributed by atoms with Gasteiger partial charge in [-0.2, -0.15) is 0 Å². The van der Waals surface area contributed by atoms with E-state index < -0.39 is 5.97 Å². The van der Waals surface area contributed by atoms with Gasteiger partial charge in [0.1, 0.15) is 0 Å². The number of aliphatic carboxylic acids is 1. The Kier molecular flexibility index (Phi) is 3.31. The van der Waals surface area contributed by atoms with Crippen molar-refractivity contribution in [2.45, 2.75) is 25.3 Å². The summed E-state index contributed by atoms with van der Waals surface area (Å²) in [7, 11) is 0. The monoisotopic (exact) mass is 265 g/mol. The Labute approximate surface area is 112 Å². The van der Waals surface area contributed by atoms with Crippen LogP contribution < -0.4 is 0 Å². The van der Waals surface area contributed by atoms with Crippen molar-refractivity contribution in [2.24, 2.45) is 17.8 Å². The molecule has 1 aliphatic heterocycles. The zero-order chi connectivity index (χ0) is 13.4. The average molecular weight is 265 g/mol. The fourth-order valence-corrected chi connectivity index (χ4v) is 3.59. The number of rotatable bonds is 3. The minimum absolute atomic E-state index is 0.0254. The van der Waals surface area contributed by atoms with E-state index in [2.05, 4.69) is 12.2 Å². The van der Waals surface area contributed by atoms with Gasteiger partial charge in [-0.15, -0.1) is 0 Å². The Balaban J connectivity index is 1.70. The summed E-state index contributed by atoms with van der Waals surface area (Å²) in [5.41, 5.74) is 0. The van der Waals surface area contributed by atoms with Crippen molar-refractivity contribution < 1.29 is 19.4 Å². The van der Waals surface area contributed by atoms with E-state index in [0.717, 1.165) is 12.8 Å². The number of hydrogen-bond donors (Lipinski definition) is 1. The van der Waals surface area contributed by atoms with Crippen molar-refractivity contribution in [3.05, 3.63) is 12.2 Å². The second-order valence-electron chi connectivity index (χ2n) is 5.74. The molecular formula is C14H19NO4. The molecule has 2 bridgehead atoms. The summed E-state index contributed by atoms with van der Waals surface area (Å²) in [5, 5.41) is 8.93. The predicted octanol–water partition coefficient (Wildman–Crippen LogP) is 0.901. The lowest BCUT2D eigenvalue weighted by atomic mass is 9.91. The van der Waals surface area contributed by atoms with Crippen LogP contribution >= 0.6 is 0 Å². The van der Waals surface area contributed by atoms with Gasteiger partial charge in [0.05, 0.1) is 25.7 Å². The lowest BCUT2D eigenvalue weighted by molar-refractivity contribution is -0.149. The minimum atomic E-state index is -0.874. The van der Waals surface area contributed by atoms with Crippen LogP contribution in [0.3, 0.4) is 0 Å². The predicted molar refractivity (Wildman–Crippen MR) is 67.4 cm³/mol. The molecule has 0 unspecified atom stereocenters. The van der Waals surface area contributed by atoms with Crippen LogP contribution in [0.1, 0.15) is 19.3 Å². The van der Waals surface area contributed by atoms with Crippen LogP contribution in [0, 0.1) is 17.8 Å². The Morgan fingerprint density at radius 1 is 1.32 bits per heavy atom. The SMILES string of the molecule is O=C(O)C[C@@H]1COCCN1C(=O)[C@H]1C[C@H]2C=C[C@H]1C2. The number of allylic oxidation sites excluding steroid dienone is 2. The third kappa shape index (κ3) is 2.39. The van der Waals surface area contributed by atoms with Crippen molar-refractivity contribution in [1.29, 1.82) is 0 Å². The number of carboxylic acids is 1. The van der Waals surface area contributed by atoms with Crippen LogP contribution in [0.4, 0.5) is 0 Å². The highest BCUT2D eigenvalue weighted by atomic mass is 16.5. The van der Waals surface area contributed by atoms with Gasteiger partial charge < -0.3 is 14.7 Å². The number of amides is 1. The van der Waals surface area contributed by atoms with Crippen molar-refractivity contribution in [1.82, 2.24) is 4.90 Å². The summed E-state index contributed by atoms with van der Waals surface area (Å²) in [6.45, 7) is 1.38. The highest BCUT2D eigenvalue weighted by Gasteiger charge is 2.43. The number of carboxylic acid groups (broad SMARTS) is 1. The molecule has 5 nitrogen and oxygen atoms in total. The fraction of sp³-hybridized carbons (Fsp3) is 0.714. The number of morpholine rings is 1. The van der Waals surface area contributed by atoms with Gasteiger partial charge in [-0.3, -0.25) is 9.59 Å². The van der Waals surface area contributed by atoms with Gasteiger partial charge in [-0.05, 0) is 24.7 Å². The maximum absolute atomic E-state index is 12.6. The van der Waals surface area contributed by atoms with E-state index in [1.165, 1.54) is 0 Å². The third-order valence-corrected chi connectivity index (χ3v) is 4.52. The first-order valence-electron chi connectivity index (χ1n) is 6.93. The molecule has 0 spiro atoms. The molecule has 3 aliphatic rings. The minimum Gasteiger partial charge on any atom is -0.481 e. The Morgan fingerprint density at radius 2 is 2.16 bits per heavy atom. The fourth-order valence-electron chi connectivity index (χ4n) is 3.59. The second kappa shape index (κ2) is 4.96. The molecule has 0 aromatic rings.